The van der Waals surface area contributed by atoms with Crippen LogP contribution in [-0.2, 0) is 0 Å². The molecule has 6 heteroatoms. The Kier molecular flexibility index (Phi) is 3.98. The van der Waals surface area contributed by atoms with E-state index >= 15 is 0 Å². The lowest BCUT2D eigenvalue weighted by Crippen LogP contribution is -2.14. The summed E-state index contributed by atoms with van der Waals surface area (Å²) in [5.41, 5.74) is 1.21. The second-order valence-electron chi connectivity index (χ2n) is 4.34. The number of nitrogens with zero attached hydrogens (tertiary/aromatic N) is 2. The van der Waals surface area contributed by atoms with Gasteiger partial charge >= 0.3 is 5.69 Å². The van der Waals surface area contributed by atoms with Crippen molar-refractivity contribution in [3.8, 4) is 22.8 Å². The van der Waals surface area contributed by atoms with Gasteiger partial charge in [0.1, 0.15) is 5.82 Å². The third kappa shape index (κ3) is 3.28. The predicted molar refractivity (Wildman–Crippen MR) is 88.9 cm³/mol. The number of halogens is 2. The van der Waals surface area contributed by atoms with E-state index in [2.05, 4.69) is 46.8 Å². The summed E-state index contributed by atoms with van der Waals surface area (Å²) < 4.78 is 1.93. The summed E-state index contributed by atoms with van der Waals surface area (Å²) in [6.45, 7) is 0. The number of H-pyrrole nitrogens is 1. The SMILES string of the molecule is O=c1nc(-c2ccc(Br)cc2)nc(-c2ccc(Br)cc2)[nH]1. The highest BCUT2D eigenvalue weighted by atomic mass is 79.9. The standard InChI is InChI=1S/C15H9Br2N3O/c16-11-5-1-9(2-6-11)13-18-14(20-15(21)19-13)10-3-7-12(17)8-4-10/h1-8H,(H,18,19,20,21). The molecule has 1 aromatic heterocycles. The molecule has 3 rings (SSSR count). The average Bonchev–Trinajstić information content (AvgIpc) is 2.48. The van der Waals surface area contributed by atoms with Crippen LogP contribution in [0.3, 0.4) is 0 Å². The summed E-state index contributed by atoms with van der Waals surface area (Å²) in [5, 5.41) is 0. The predicted octanol–water partition coefficient (Wildman–Crippen LogP) is 4.02. The summed E-state index contributed by atoms with van der Waals surface area (Å²) in [6.07, 6.45) is 0. The van der Waals surface area contributed by atoms with Gasteiger partial charge in [-0.05, 0) is 24.3 Å². The first-order valence-corrected chi connectivity index (χ1v) is 7.71. The van der Waals surface area contributed by atoms with Crippen LogP contribution in [0.15, 0.2) is 62.3 Å². The Morgan fingerprint density at radius 2 is 1.29 bits per heavy atom. The van der Waals surface area contributed by atoms with Crippen molar-refractivity contribution in [2.45, 2.75) is 0 Å². The highest BCUT2D eigenvalue weighted by Crippen LogP contribution is 2.21. The van der Waals surface area contributed by atoms with Crippen LogP contribution in [0.1, 0.15) is 0 Å². The van der Waals surface area contributed by atoms with Crippen molar-refractivity contribution in [3.63, 3.8) is 0 Å². The van der Waals surface area contributed by atoms with Crippen molar-refractivity contribution in [2.24, 2.45) is 0 Å². The van der Waals surface area contributed by atoms with E-state index in [1.54, 1.807) is 0 Å². The molecule has 2 aromatic carbocycles. The van der Waals surface area contributed by atoms with Gasteiger partial charge in [-0.2, -0.15) is 4.98 Å². The molecule has 0 atom stereocenters. The Morgan fingerprint density at radius 1 is 0.762 bits per heavy atom. The third-order valence-corrected chi connectivity index (χ3v) is 3.93. The van der Waals surface area contributed by atoms with Crippen molar-refractivity contribution in [1.82, 2.24) is 15.0 Å². The summed E-state index contributed by atoms with van der Waals surface area (Å²) in [7, 11) is 0. The molecule has 0 bridgehead atoms. The van der Waals surface area contributed by atoms with Gasteiger partial charge in [0.2, 0.25) is 0 Å². The van der Waals surface area contributed by atoms with Crippen LogP contribution in [0.4, 0.5) is 0 Å². The second-order valence-corrected chi connectivity index (χ2v) is 6.17. The van der Waals surface area contributed by atoms with E-state index in [0.29, 0.717) is 11.6 Å². The minimum atomic E-state index is -0.416. The molecule has 0 amide bonds. The normalized spacial score (nSPS) is 10.6. The third-order valence-electron chi connectivity index (χ3n) is 2.87. The molecule has 0 spiro atoms. The van der Waals surface area contributed by atoms with Crippen molar-refractivity contribution in [3.05, 3.63) is 68.0 Å². The molecule has 104 valence electrons. The molecule has 21 heavy (non-hydrogen) atoms. The van der Waals surface area contributed by atoms with Crippen LogP contribution < -0.4 is 5.69 Å². The van der Waals surface area contributed by atoms with Crippen molar-refractivity contribution in [2.75, 3.05) is 0 Å². The highest BCUT2D eigenvalue weighted by molar-refractivity contribution is 9.10. The zero-order valence-corrected chi connectivity index (χ0v) is 13.8. The van der Waals surface area contributed by atoms with E-state index < -0.39 is 5.69 Å². The van der Waals surface area contributed by atoms with Gasteiger partial charge in [0.25, 0.3) is 0 Å². The molecule has 4 nitrogen and oxygen atoms in total. The van der Waals surface area contributed by atoms with Crippen LogP contribution in [-0.4, -0.2) is 15.0 Å². The van der Waals surface area contributed by atoms with Gasteiger partial charge in [0.15, 0.2) is 5.82 Å². The van der Waals surface area contributed by atoms with Crippen molar-refractivity contribution < 1.29 is 0 Å². The minimum Gasteiger partial charge on any atom is -0.290 e. The lowest BCUT2D eigenvalue weighted by atomic mass is 10.2. The molecule has 3 aromatic rings. The van der Waals surface area contributed by atoms with Crippen molar-refractivity contribution >= 4 is 31.9 Å². The molecular weight excluding hydrogens is 398 g/mol. The molecule has 0 fully saturated rings. The molecule has 0 radical (unpaired) electrons. The number of aromatic amines is 1. The van der Waals surface area contributed by atoms with Crippen LogP contribution in [0.25, 0.3) is 22.8 Å². The smallest absolute Gasteiger partial charge is 0.290 e. The first-order chi connectivity index (χ1) is 10.1. The zero-order chi connectivity index (χ0) is 14.8. The maximum Gasteiger partial charge on any atom is 0.348 e. The number of nitrogens with one attached hydrogen (secondary N) is 1. The van der Waals surface area contributed by atoms with E-state index in [1.807, 2.05) is 48.5 Å². The van der Waals surface area contributed by atoms with Gasteiger partial charge in [0.05, 0.1) is 0 Å². The van der Waals surface area contributed by atoms with Crippen LogP contribution in [0.2, 0.25) is 0 Å². The van der Waals surface area contributed by atoms with Crippen molar-refractivity contribution in [1.29, 1.82) is 0 Å². The molecule has 0 aliphatic rings. The van der Waals surface area contributed by atoms with E-state index in [1.165, 1.54) is 0 Å². The topological polar surface area (TPSA) is 58.6 Å². The van der Waals surface area contributed by atoms with Crippen LogP contribution in [0.5, 0.6) is 0 Å². The average molecular weight is 407 g/mol. The number of benzene rings is 2. The number of hydrogen-bond acceptors (Lipinski definition) is 3. The Bertz CT molecular complexity index is 760. The number of aromatic nitrogens is 3. The summed E-state index contributed by atoms with van der Waals surface area (Å²) >= 11 is 6.76. The highest BCUT2D eigenvalue weighted by Gasteiger charge is 2.07. The molecule has 0 aliphatic carbocycles. The van der Waals surface area contributed by atoms with Crippen LogP contribution in [0, 0.1) is 0 Å². The summed E-state index contributed by atoms with van der Waals surface area (Å²) in [4.78, 5) is 22.8. The monoisotopic (exact) mass is 405 g/mol. The molecule has 0 saturated heterocycles. The quantitative estimate of drug-likeness (QED) is 0.699. The Balaban J connectivity index is 2.10. The summed E-state index contributed by atoms with van der Waals surface area (Å²) in [5.74, 6) is 0.907. The Morgan fingerprint density at radius 3 is 1.86 bits per heavy atom. The maximum atomic E-state index is 11.8. The van der Waals surface area contributed by atoms with Gasteiger partial charge in [-0.1, -0.05) is 56.1 Å². The molecule has 1 heterocycles. The lowest BCUT2D eigenvalue weighted by Gasteiger charge is -2.04. The van der Waals surface area contributed by atoms with Gasteiger partial charge in [0, 0.05) is 20.1 Å². The van der Waals surface area contributed by atoms with E-state index in [4.69, 9.17) is 0 Å². The number of rotatable bonds is 2. The first kappa shape index (κ1) is 14.2. The zero-order valence-electron chi connectivity index (χ0n) is 10.7. The van der Waals surface area contributed by atoms with E-state index in [9.17, 15) is 4.79 Å². The fourth-order valence-electron chi connectivity index (χ4n) is 1.86. The fourth-order valence-corrected chi connectivity index (χ4v) is 2.39. The second kappa shape index (κ2) is 5.91. The largest absolute Gasteiger partial charge is 0.348 e. The van der Waals surface area contributed by atoms with E-state index in [-0.39, 0.29) is 0 Å². The van der Waals surface area contributed by atoms with Crippen LogP contribution >= 0.6 is 31.9 Å². The molecule has 0 saturated carbocycles. The first-order valence-electron chi connectivity index (χ1n) is 6.12. The molecule has 0 aliphatic heterocycles. The lowest BCUT2D eigenvalue weighted by molar-refractivity contribution is 1.00. The van der Waals surface area contributed by atoms with E-state index in [0.717, 1.165) is 20.1 Å². The molecular formula is C15H9Br2N3O. The Hall–Kier alpha value is -1.79. The van der Waals surface area contributed by atoms with Gasteiger partial charge in [-0.3, -0.25) is 4.98 Å². The maximum absolute atomic E-state index is 11.8. The Labute approximate surface area is 137 Å². The summed E-state index contributed by atoms with van der Waals surface area (Å²) in [6, 6.07) is 15.1. The fraction of sp³-hybridized carbons (Fsp3) is 0. The molecule has 1 N–H and O–H groups in total. The number of hydrogen-bond donors (Lipinski definition) is 1. The van der Waals surface area contributed by atoms with Gasteiger partial charge < -0.3 is 0 Å². The van der Waals surface area contributed by atoms with Gasteiger partial charge in [-0.15, -0.1) is 0 Å². The molecule has 0 unspecified atom stereocenters. The minimum absolute atomic E-state index is 0.407. The van der Waals surface area contributed by atoms with Gasteiger partial charge in [-0.25, -0.2) is 9.78 Å².